The molecular formula is C15H11MnO2. The molecule has 0 bridgehead atoms. The third-order valence-electron chi connectivity index (χ3n) is 1.58. The Bertz CT molecular complexity index is 419. The van der Waals surface area contributed by atoms with E-state index in [1.807, 2.05) is 67.1 Å². The molecule has 1 aromatic rings. The minimum atomic E-state index is 1.16. The normalized spacial score (nSPS) is 9.11. The maximum absolute atomic E-state index is 7.50. The molecule has 1 aliphatic carbocycles. The maximum atomic E-state index is 7.50. The van der Waals surface area contributed by atoms with Gasteiger partial charge in [0.2, 0.25) is 0 Å². The monoisotopic (exact) mass is 278 g/mol. The van der Waals surface area contributed by atoms with E-state index < -0.39 is 0 Å². The van der Waals surface area contributed by atoms with Gasteiger partial charge in [-0.15, -0.1) is 0 Å². The van der Waals surface area contributed by atoms with Crippen molar-refractivity contribution in [1.82, 2.24) is 0 Å². The van der Waals surface area contributed by atoms with Gasteiger partial charge in [-0.2, -0.15) is 0 Å². The third-order valence-corrected chi connectivity index (χ3v) is 1.75. The molecule has 0 unspecified atom stereocenters. The van der Waals surface area contributed by atoms with E-state index in [9.17, 15) is 0 Å². The molecule has 0 fully saturated rings. The van der Waals surface area contributed by atoms with Crippen LogP contribution < -0.4 is 0 Å². The van der Waals surface area contributed by atoms with Crippen molar-refractivity contribution in [2.75, 3.05) is 0 Å². The molecule has 2 nitrogen and oxygen atoms in total. The summed E-state index contributed by atoms with van der Waals surface area (Å²) in [6, 6.07) is 10.0. The Morgan fingerprint density at radius 2 is 1.39 bits per heavy atom. The average Bonchev–Trinajstić information content (AvgIpc) is 3.04. The summed E-state index contributed by atoms with van der Waals surface area (Å²) in [7, 11) is 0. The number of benzene rings is 1. The van der Waals surface area contributed by atoms with Crippen LogP contribution in [0, 0.1) is 19.7 Å². The van der Waals surface area contributed by atoms with Crippen molar-refractivity contribution in [3.8, 4) is 0 Å². The first-order valence-corrected chi connectivity index (χ1v) is 5.34. The van der Waals surface area contributed by atoms with Crippen LogP contribution >= 0.6 is 0 Å². The third kappa shape index (κ3) is 12.4. The summed E-state index contributed by atoms with van der Waals surface area (Å²) < 4.78 is 17.8. The van der Waals surface area contributed by atoms with Crippen molar-refractivity contribution in [2.45, 2.75) is 0 Å². The summed E-state index contributed by atoms with van der Waals surface area (Å²) in [5.41, 5.74) is 1.16. The van der Waals surface area contributed by atoms with Gasteiger partial charge >= 0.3 is 84.7 Å². The minimum absolute atomic E-state index is 1.16. The van der Waals surface area contributed by atoms with Crippen LogP contribution in [-0.4, -0.2) is 4.58 Å². The zero-order valence-corrected chi connectivity index (χ0v) is 10.7. The standard InChI is InChI=1S/C8H6.C5H5.2CO.Mn/c1-2-8-6-4-3-5-7-8;1-2-4-5-3-1;2*1-2;/h2-7H;1-5H;;;. The van der Waals surface area contributed by atoms with E-state index in [0.717, 1.165) is 5.56 Å². The van der Waals surface area contributed by atoms with Gasteiger partial charge in [0.1, 0.15) is 0 Å². The molecule has 1 radical (unpaired) electrons. The topological polar surface area (TPSA) is 39.8 Å². The van der Waals surface area contributed by atoms with Gasteiger partial charge in [0.25, 0.3) is 0 Å². The fraction of sp³-hybridized carbons (Fsp3) is 0. The zero-order chi connectivity index (χ0) is 14.1. The number of hydrogen-bond donors (Lipinski definition) is 0. The van der Waals surface area contributed by atoms with E-state index in [4.69, 9.17) is 9.30 Å². The Morgan fingerprint density at radius 3 is 1.72 bits per heavy atom. The average molecular weight is 278 g/mol. The summed E-state index contributed by atoms with van der Waals surface area (Å²) in [6.07, 6.45) is 11.9. The molecule has 2 rings (SSSR count). The van der Waals surface area contributed by atoms with Crippen LogP contribution in [0.25, 0.3) is 6.08 Å². The molecule has 0 saturated heterocycles. The second-order valence-electron chi connectivity index (χ2n) is 2.63. The first kappa shape index (κ1) is 18.7. The number of rotatable bonds is 1. The van der Waals surface area contributed by atoms with Gasteiger partial charge in [0.05, 0.1) is 0 Å². The van der Waals surface area contributed by atoms with Gasteiger partial charge in [0, 0.05) is 6.42 Å². The Balaban J connectivity index is 0. The summed E-state index contributed by atoms with van der Waals surface area (Å²) in [4.78, 5) is 0. The number of allylic oxidation sites excluding steroid dienone is 4. The van der Waals surface area contributed by atoms with E-state index in [-0.39, 0.29) is 0 Å². The van der Waals surface area contributed by atoms with Crippen molar-refractivity contribution in [3.05, 3.63) is 79.9 Å². The summed E-state index contributed by atoms with van der Waals surface area (Å²) >= 11 is 3.08. The van der Waals surface area contributed by atoms with E-state index in [2.05, 4.69) is 33.5 Å². The van der Waals surface area contributed by atoms with Crippen LogP contribution in [0.4, 0.5) is 0 Å². The van der Waals surface area contributed by atoms with Gasteiger partial charge in [-0.25, -0.2) is 0 Å². The van der Waals surface area contributed by atoms with Gasteiger partial charge < -0.3 is 0 Å². The molecule has 0 heterocycles. The molecule has 18 heavy (non-hydrogen) atoms. The van der Waals surface area contributed by atoms with Crippen LogP contribution in [0.2, 0.25) is 0 Å². The van der Waals surface area contributed by atoms with Crippen LogP contribution in [0.15, 0.2) is 54.6 Å². The molecule has 1 aromatic carbocycles. The van der Waals surface area contributed by atoms with E-state index in [0.29, 0.717) is 0 Å². The zero-order valence-electron chi connectivity index (χ0n) is 9.55. The summed E-state index contributed by atoms with van der Waals surface area (Å²) in [6.45, 7) is 9.00. The van der Waals surface area contributed by atoms with Crippen molar-refractivity contribution < 1.29 is 24.9 Å². The van der Waals surface area contributed by atoms with Crippen molar-refractivity contribution >= 4 is 10.7 Å². The quantitative estimate of drug-likeness (QED) is 0.430. The second-order valence-corrected chi connectivity index (χ2v) is 2.97. The number of hydrogen-bond acceptors (Lipinski definition) is 0. The summed E-state index contributed by atoms with van der Waals surface area (Å²) in [5.74, 6) is 0. The van der Waals surface area contributed by atoms with Crippen LogP contribution in [0.3, 0.4) is 0 Å². The molecule has 0 aromatic heterocycles. The molecule has 0 atom stereocenters. The van der Waals surface area contributed by atoms with Crippen LogP contribution in [-0.2, 0) is 24.9 Å². The summed E-state index contributed by atoms with van der Waals surface area (Å²) in [5, 5.41) is 0. The van der Waals surface area contributed by atoms with E-state index in [1.165, 1.54) is 0 Å². The Labute approximate surface area is 116 Å². The first-order chi connectivity index (χ1) is 8.93. The Morgan fingerprint density at radius 1 is 0.889 bits per heavy atom. The van der Waals surface area contributed by atoms with Crippen molar-refractivity contribution in [1.29, 1.82) is 0 Å². The molecule has 0 aliphatic heterocycles. The molecule has 0 saturated carbocycles. The molecule has 3 heteroatoms. The van der Waals surface area contributed by atoms with Crippen molar-refractivity contribution in [3.63, 3.8) is 0 Å². The molecule has 90 valence electrons. The van der Waals surface area contributed by atoms with Gasteiger partial charge in [-0.3, -0.25) is 0 Å². The van der Waals surface area contributed by atoms with Gasteiger partial charge in [-0.05, 0) is 0 Å². The fourth-order valence-corrected chi connectivity index (χ4v) is 1.13. The van der Waals surface area contributed by atoms with E-state index in [1.54, 1.807) is 0 Å². The molecule has 0 N–H and O–H groups in total. The first-order valence-electron chi connectivity index (χ1n) is 4.75. The van der Waals surface area contributed by atoms with E-state index >= 15 is 0 Å². The van der Waals surface area contributed by atoms with Crippen LogP contribution in [0.1, 0.15) is 5.56 Å². The van der Waals surface area contributed by atoms with Crippen molar-refractivity contribution in [2.24, 2.45) is 0 Å². The van der Waals surface area contributed by atoms with Gasteiger partial charge in [-0.1, -0.05) is 24.3 Å². The van der Waals surface area contributed by atoms with Crippen LogP contribution in [0.5, 0.6) is 0 Å². The predicted molar refractivity (Wildman–Crippen MR) is 66.4 cm³/mol. The fourth-order valence-electron chi connectivity index (χ4n) is 0.933. The second kappa shape index (κ2) is 17.7. The SMILES string of the molecule is [C-]#[O+].[C-]#[O+].[CH]1C=CC=C1.[Mn]=[C]=Cc1ccccc1. The molecule has 0 amide bonds. The Kier molecular flexibility index (Phi) is 18.4. The van der Waals surface area contributed by atoms with Gasteiger partial charge in [0.15, 0.2) is 0 Å². The predicted octanol–water partition coefficient (Wildman–Crippen LogP) is 2.89. The Hall–Kier alpha value is -1.65. The molecule has 0 spiro atoms. The molecular weight excluding hydrogens is 267 g/mol. The molecule has 1 aliphatic rings.